The Kier molecular flexibility index (Phi) is 3.48. The SMILES string of the molecule is Brc1nc(-c2ccccc2)c2sc(-c3ccccc3)cc2n1. The van der Waals surface area contributed by atoms with Crippen molar-refractivity contribution in [1.82, 2.24) is 9.97 Å². The summed E-state index contributed by atoms with van der Waals surface area (Å²) in [5, 5.41) is 0. The third kappa shape index (κ3) is 2.45. The Morgan fingerprint density at radius 1 is 0.773 bits per heavy atom. The van der Waals surface area contributed by atoms with Gasteiger partial charge in [-0.05, 0) is 27.6 Å². The second kappa shape index (κ2) is 5.63. The van der Waals surface area contributed by atoms with E-state index in [1.54, 1.807) is 11.3 Å². The van der Waals surface area contributed by atoms with Crippen molar-refractivity contribution >= 4 is 37.5 Å². The zero-order chi connectivity index (χ0) is 14.9. The summed E-state index contributed by atoms with van der Waals surface area (Å²) in [6, 6.07) is 22.7. The molecule has 0 N–H and O–H groups in total. The monoisotopic (exact) mass is 366 g/mol. The van der Waals surface area contributed by atoms with Crippen LogP contribution in [0.4, 0.5) is 0 Å². The molecule has 0 aliphatic heterocycles. The summed E-state index contributed by atoms with van der Waals surface area (Å²) >= 11 is 5.16. The van der Waals surface area contributed by atoms with Crippen LogP contribution in [0.3, 0.4) is 0 Å². The summed E-state index contributed by atoms with van der Waals surface area (Å²) in [6.45, 7) is 0. The fourth-order valence-corrected chi connectivity index (χ4v) is 3.92. The lowest BCUT2D eigenvalue weighted by atomic mass is 10.1. The van der Waals surface area contributed by atoms with Gasteiger partial charge in [-0.1, -0.05) is 60.7 Å². The molecule has 4 heteroatoms. The van der Waals surface area contributed by atoms with Crippen LogP contribution in [0.5, 0.6) is 0 Å². The fourth-order valence-electron chi connectivity index (χ4n) is 2.44. The van der Waals surface area contributed by atoms with Gasteiger partial charge in [0, 0.05) is 10.4 Å². The molecule has 0 radical (unpaired) electrons. The molecule has 22 heavy (non-hydrogen) atoms. The molecule has 0 amide bonds. The smallest absolute Gasteiger partial charge is 0.197 e. The predicted molar refractivity (Wildman–Crippen MR) is 96.0 cm³/mol. The zero-order valence-electron chi connectivity index (χ0n) is 11.5. The minimum atomic E-state index is 0.622. The standard InChI is InChI=1S/C18H11BrN2S/c19-18-20-14-11-15(12-7-3-1-4-8-12)22-17(14)16(21-18)13-9-5-2-6-10-13/h1-11H. The highest BCUT2D eigenvalue weighted by molar-refractivity contribution is 9.10. The van der Waals surface area contributed by atoms with Crippen LogP contribution in [-0.4, -0.2) is 9.97 Å². The molecular weight excluding hydrogens is 356 g/mol. The number of aromatic nitrogens is 2. The van der Waals surface area contributed by atoms with Gasteiger partial charge in [0.2, 0.25) is 0 Å². The summed E-state index contributed by atoms with van der Waals surface area (Å²) in [5.41, 5.74) is 4.27. The van der Waals surface area contributed by atoms with Crippen LogP contribution in [0.2, 0.25) is 0 Å². The molecule has 0 saturated carbocycles. The highest BCUT2D eigenvalue weighted by Crippen LogP contribution is 2.38. The Hall–Kier alpha value is -2.04. The van der Waals surface area contributed by atoms with Crippen molar-refractivity contribution in [2.45, 2.75) is 0 Å². The summed E-state index contributed by atoms with van der Waals surface area (Å²) in [4.78, 5) is 10.3. The summed E-state index contributed by atoms with van der Waals surface area (Å²) in [5.74, 6) is 0. The minimum Gasteiger partial charge on any atom is -0.221 e. The lowest BCUT2D eigenvalue weighted by molar-refractivity contribution is 1.17. The van der Waals surface area contributed by atoms with Crippen molar-refractivity contribution in [3.05, 3.63) is 71.5 Å². The molecule has 0 fully saturated rings. The Bertz CT molecular complexity index is 933. The molecule has 2 aromatic carbocycles. The van der Waals surface area contributed by atoms with Crippen molar-refractivity contribution in [2.75, 3.05) is 0 Å². The lowest BCUT2D eigenvalue weighted by Crippen LogP contribution is -1.88. The molecular formula is C18H11BrN2S. The maximum Gasteiger partial charge on any atom is 0.197 e. The van der Waals surface area contributed by atoms with E-state index < -0.39 is 0 Å². The van der Waals surface area contributed by atoms with E-state index in [0.717, 1.165) is 21.5 Å². The van der Waals surface area contributed by atoms with Crippen molar-refractivity contribution in [3.63, 3.8) is 0 Å². The maximum absolute atomic E-state index is 4.59. The van der Waals surface area contributed by atoms with Gasteiger partial charge in [-0.2, -0.15) is 0 Å². The Balaban J connectivity index is 1.97. The second-order valence-corrected chi connectivity index (χ2v) is 6.66. The van der Waals surface area contributed by atoms with E-state index in [-0.39, 0.29) is 0 Å². The van der Waals surface area contributed by atoms with E-state index in [1.165, 1.54) is 10.4 Å². The summed E-state index contributed by atoms with van der Waals surface area (Å²) in [7, 11) is 0. The molecule has 0 bridgehead atoms. The van der Waals surface area contributed by atoms with Gasteiger partial charge in [-0.25, -0.2) is 9.97 Å². The predicted octanol–water partition coefficient (Wildman–Crippen LogP) is 5.79. The first-order valence-corrected chi connectivity index (χ1v) is 8.50. The Labute approximate surface area is 140 Å². The van der Waals surface area contributed by atoms with E-state index >= 15 is 0 Å². The highest BCUT2D eigenvalue weighted by atomic mass is 79.9. The van der Waals surface area contributed by atoms with Crippen molar-refractivity contribution in [2.24, 2.45) is 0 Å². The fraction of sp³-hybridized carbons (Fsp3) is 0. The van der Waals surface area contributed by atoms with Gasteiger partial charge in [0.05, 0.1) is 15.9 Å². The van der Waals surface area contributed by atoms with Gasteiger partial charge in [0.25, 0.3) is 0 Å². The topological polar surface area (TPSA) is 25.8 Å². The number of nitrogens with zero attached hydrogens (tertiary/aromatic N) is 2. The maximum atomic E-state index is 4.59. The third-order valence-electron chi connectivity index (χ3n) is 3.45. The number of halogens is 1. The molecule has 0 aliphatic carbocycles. The molecule has 0 saturated heterocycles. The van der Waals surface area contributed by atoms with E-state index in [4.69, 9.17) is 0 Å². The van der Waals surface area contributed by atoms with Gasteiger partial charge in [-0.3, -0.25) is 0 Å². The molecule has 0 aliphatic rings. The normalized spacial score (nSPS) is 11.0. The second-order valence-electron chi connectivity index (χ2n) is 4.90. The van der Waals surface area contributed by atoms with Gasteiger partial charge in [0.15, 0.2) is 4.73 Å². The molecule has 2 aromatic heterocycles. The van der Waals surface area contributed by atoms with Crippen molar-refractivity contribution < 1.29 is 0 Å². The molecule has 4 aromatic rings. The largest absolute Gasteiger partial charge is 0.221 e. The molecule has 106 valence electrons. The van der Waals surface area contributed by atoms with Gasteiger partial charge < -0.3 is 0 Å². The average Bonchev–Trinajstić information content (AvgIpc) is 2.99. The summed E-state index contributed by atoms with van der Waals surface area (Å²) in [6.07, 6.45) is 0. The molecule has 0 atom stereocenters. The minimum absolute atomic E-state index is 0.622. The highest BCUT2D eigenvalue weighted by Gasteiger charge is 2.13. The van der Waals surface area contributed by atoms with E-state index in [9.17, 15) is 0 Å². The summed E-state index contributed by atoms with van der Waals surface area (Å²) < 4.78 is 1.74. The molecule has 2 nitrogen and oxygen atoms in total. The Morgan fingerprint density at radius 2 is 1.41 bits per heavy atom. The van der Waals surface area contributed by atoms with Gasteiger partial charge >= 0.3 is 0 Å². The number of rotatable bonds is 2. The van der Waals surface area contributed by atoms with Crippen LogP contribution >= 0.6 is 27.3 Å². The van der Waals surface area contributed by atoms with Crippen LogP contribution < -0.4 is 0 Å². The Morgan fingerprint density at radius 3 is 2.09 bits per heavy atom. The van der Waals surface area contributed by atoms with Crippen LogP contribution in [0.15, 0.2) is 71.5 Å². The first-order valence-electron chi connectivity index (χ1n) is 6.89. The van der Waals surface area contributed by atoms with Crippen molar-refractivity contribution in [3.8, 4) is 21.7 Å². The van der Waals surface area contributed by atoms with Crippen LogP contribution in [0, 0.1) is 0 Å². The van der Waals surface area contributed by atoms with Gasteiger partial charge in [0.1, 0.15) is 0 Å². The molecule has 0 spiro atoms. The van der Waals surface area contributed by atoms with Crippen molar-refractivity contribution in [1.29, 1.82) is 0 Å². The lowest BCUT2D eigenvalue weighted by Gasteiger charge is -2.02. The molecule has 0 unspecified atom stereocenters. The number of hydrogen-bond donors (Lipinski definition) is 0. The van der Waals surface area contributed by atoms with Gasteiger partial charge in [-0.15, -0.1) is 11.3 Å². The first kappa shape index (κ1) is 13.6. The first-order chi connectivity index (χ1) is 10.8. The number of hydrogen-bond acceptors (Lipinski definition) is 3. The zero-order valence-corrected chi connectivity index (χ0v) is 13.9. The number of fused-ring (bicyclic) bond motifs is 1. The quantitative estimate of drug-likeness (QED) is 0.419. The molecule has 2 heterocycles. The van der Waals surface area contributed by atoms with E-state index in [1.807, 2.05) is 24.3 Å². The van der Waals surface area contributed by atoms with E-state index in [0.29, 0.717) is 4.73 Å². The molecule has 4 rings (SSSR count). The van der Waals surface area contributed by atoms with Crippen LogP contribution in [0.25, 0.3) is 31.9 Å². The van der Waals surface area contributed by atoms with E-state index in [2.05, 4.69) is 68.4 Å². The van der Waals surface area contributed by atoms with Crippen LogP contribution in [0.1, 0.15) is 0 Å². The average molecular weight is 367 g/mol. The van der Waals surface area contributed by atoms with Crippen LogP contribution in [-0.2, 0) is 0 Å². The number of thiophene rings is 1. The third-order valence-corrected chi connectivity index (χ3v) is 4.98. The number of benzene rings is 2.